The molecule has 136 valence electrons. The number of carbonyl (C=O) groups is 1. The Bertz CT molecular complexity index is 634. The Labute approximate surface area is 160 Å². The smallest absolute Gasteiger partial charge is 0.261 e. The summed E-state index contributed by atoms with van der Waals surface area (Å²) in [5.41, 5.74) is 2.57. The van der Waals surface area contributed by atoms with Crippen LogP contribution in [0.4, 0.5) is 0 Å². The molecule has 1 N–H and O–H groups in total. The third kappa shape index (κ3) is 5.56. The van der Waals surface area contributed by atoms with Crippen LogP contribution in [0.5, 0.6) is 0 Å². The maximum Gasteiger partial charge on any atom is 0.261 e. The number of nitrogens with one attached hydrogen (secondary N) is 1. The van der Waals surface area contributed by atoms with Crippen molar-refractivity contribution in [1.82, 2.24) is 10.2 Å². The van der Waals surface area contributed by atoms with E-state index in [1.807, 2.05) is 17.5 Å². The quantitative estimate of drug-likeness (QED) is 0.808. The van der Waals surface area contributed by atoms with Gasteiger partial charge in [0.2, 0.25) is 0 Å². The third-order valence-electron chi connectivity index (χ3n) is 4.74. The number of amides is 1. The Balaban J connectivity index is 0.00000225. The van der Waals surface area contributed by atoms with Crippen LogP contribution >= 0.6 is 23.7 Å². The predicted molar refractivity (Wildman–Crippen MR) is 108 cm³/mol. The second-order valence-electron chi connectivity index (χ2n) is 6.56. The van der Waals surface area contributed by atoms with E-state index in [1.165, 1.54) is 48.1 Å². The van der Waals surface area contributed by atoms with E-state index in [9.17, 15) is 4.79 Å². The van der Waals surface area contributed by atoms with Crippen LogP contribution in [0.1, 0.15) is 52.5 Å². The van der Waals surface area contributed by atoms with Crippen LogP contribution in [0.15, 0.2) is 41.8 Å². The van der Waals surface area contributed by atoms with Gasteiger partial charge in [0.05, 0.1) is 10.9 Å². The Kier molecular flexibility index (Phi) is 7.94. The van der Waals surface area contributed by atoms with E-state index in [0.29, 0.717) is 6.54 Å². The lowest BCUT2D eigenvalue weighted by Crippen LogP contribution is -2.38. The predicted octanol–water partition coefficient (Wildman–Crippen LogP) is 4.83. The lowest BCUT2D eigenvalue weighted by molar-refractivity contribution is 0.0937. The number of thiophene rings is 1. The highest BCUT2D eigenvalue weighted by atomic mass is 35.5. The average molecular weight is 379 g/mol. The van der Waals surface area contributed by atoms with E-state index in [2.05, 4.69) is 41.4 Å². The van der Waals surface area contributed by atoms with Gasteiger partial charge in [0, 0.05) is 6.54 Å². The fourth-order valence-corrected chi connectivity index (χ4v) is 3.98. The molecule has 2 aromatic rings. The van der Waals surface area contributed by atoms with Gasteiger partial charge in [0.15, 0.2) is 0 Å². The summed E-state index contributed by atoms with van der Waals surface area (Å²) < 4.78 is 0. The largest absolute Gasteiger partial charge is 0.349 e. The first-order valence-electron chi connectivity index (χ1n) is 8.86. The van der Waals surface area contributed by atoms with Crippen molar-refractivity contribution in [3.8, 4) is 0 Å². The average Bonchev–Trinajstić information content (AvgIpc) is 3.01. The summed E-state index contributed by atoms with van der Waals surface area (Å²) in [5.74, 6) is 0.0388. The molecular weight excluding hydrogens is 352 g/mol. The molecule has 1 aliphatic rings. The zero-order valence-electron chi connectivity index (χ0n) is 14.7. The summed E-state index contributed by atoms with van der Waals surface area (Å²) in [4.78, 5) is 15.7. The van der Waals surface area contributed by atoms with Crippen LogP contribution in [0.3, 0.4) is 0 Å². The number of hydrogen-bond acceptors (Lipinski definition) is 3. The fourth-order valence-electron chi connectivity index (χ4n) is 3.34. The van der Waals surface area contributed by atoms with Crippen LogP contribution in [0.2, 0.25) is 0 Å². The van der Waals surface area contributed by atoms with Crippen molar-refractivity contribution in [2.45, 2.75) is 38.6 Å². The minimum Gasteiger partial charge on any atom is -0.349 e. The summed E-state index contributed by atoms with van der Waals surface area (Å²) >= 11 is 1.49. The zero-order valence-corrected chi connectivity index (χ0v) is 16.4. The molecular formula is C20H27ClN2OS. The molecule has 0 spiro atoms. The van der Waals surface area contributed by atoms with Gasteiger partial charge in [-0.25, -0.2) is 0 Å². The minimum atomic E-state index is 0. The molecule has 3 rings (SSSR count). The van der Waals surface area contributed by atoms with Crippen LogP contribution in [-0.4, -0.2) is 30.4 Å². The highest BCUT2D eigenvalue weighted by molar-refractivity contribution is 7.12. The molecule has 0 saturated carbocycles. The first kappa shape index (κ1) is 20.0. The van der Waals surface area contributed by atoms with Crippen molar-refractivity contribution in [3.05, 3.63) is 57.8 Å². The van der Waals surface area contributed by atoms with Gasteiger partial charge in [-0.05, 0) is 49.9 Å². The number of hydrogen-bond donors (Lipinski definition) is 1. The maximum absolute atomic E-state index is 12.3. The molecule has 1 aromatic heterocycles. The van der Waals surface area contributed by atoms with Gasteiger partial charge >= 0.3 is 0 Å². The van der Waals surface area contributed by atoms with Gasteiger partial charge in [-0.15, -0.1) is 23.7 Å². The summed E-state index contributed by atoms with van der Waals surface area (Å²) in [5, 5.41) is 5.09. The fraction of sp³-hybridized carbons (Fsp3) is 0.450. The molecule has 1 fully saturated rings. The monoisotopic (exact) mass is 378 g/mol. The van der Waals surface area contributed by atoms with Gasteiger partial charge < -0.3 is 5.32 Å². The number of nitrogens with zero attached hydrogens (tertiary/aromatic N) is 1. The summed E-state index contributed by atoms with van der Waals surface area (Å²) in [6.07, 6.45) is 5.14. The lowest BCUT2D eigenvalue weighted by atomic mass is 10.0. The molecule has 3 nitrogen and oxygen atoms in total. The van der Waals surface area contributed by atoms with E-state index < -0.39 is 0 Å². The van der Waals surface area contributed by atoms with Crippen LogP contribution < -0.4 is 5.32 Å². The summed E-state index contributed by atoms with van der Waals surface area (Å²) in [6.45, 7) is 5.02. The number of halogens is 1. The van der Waals surface area contributed by atoms with Gasteiger partial charge in [-0.3, -0.25) is 9.69 Å². The molecule has 1 saturated heterocycles. The van der Waals surface area contributed by atoms with Gasteiger partial charge in [-0.2, -0.15) is 0 Å². The molecule has 1 aromatic carbocycles. The number of rotatable bonds is 5. The van der Waals surface area contributed by atoms with Crippen molar-refractivity contribution in [3.63, 3.8) is 0 Å². The number of likely N-dealkylation sites (tertiary alicyclic amines) is 1. The second-order valence-corrected chi connectivity index (χ2v) is 7.51. The van der Waals surface area contributed by atoms with Crippen LogP contribution in [0.25, 0.3) is 0 Å². The Hall–Kier alpha value is -1.36. The number of carbonyl (C=O) groups excluding carboxylic acids is 1. The van der Waals surface area contributed by atoms with Crippen LogP contribution in [0, 0.1) is 6.92 Å². The van der Waals surface area contributed by atoms with Crippen molar-refractivity contribution in [2.24, 2.45) is 0 Å². The maximum atomic E-state index is 12.3. The lowest BCUT2D eigenvalue weighted by Gasteiger charge is -2.31. The van der Waals surface area contributed by atoms with Crippen LogP contribution in [-0.2, 0) is 0 Å². The molecule has 1 unspecified atom stereocenters. The van der Waals surface area contributed by atoms with Crippen molar-refractivity contribution >= 4 is 29.7 Å². The van der Waals surface area contributed by atoms with E-state index in [1.54, 1.807) is 0 Å². The molecule has 25 heavy (non-hydrogen) atoms. The topological polar surface area (TPSA) is 32.3 Å². The van der Waals surface area contributed by atoms with E-state index >= 15 is 0 Å². The first-order valence-corrected chi connectivity index (χ1v) is 9.74. The summed E-state index contributed by atoms with van der Waals surface area (Å²) in [7, 11) is 0. The Morgan fingerprint density at radius 3 is 2.40 bits per heavy atom. The van der Waals surface area contributed by atoms with Crippen molar-refractivity contribution in [2.75, 3.05) is 19.6 Å². The van der Waals surface area contributed by atoms with Gasteiger partial charge in [-0.1, -0.05) is 48.7 Å². The minimum absolute atomic E-state index is 0. The standard InChI is InChI=1S/C20H26N2OS.ClH/c1-16-8-10-17(11-9-16)18(22-12-4-2-3-5-13-22)15-21-20(23)19-7-6-14-24-19;/h6-11,14,18H,2-5,12-13,15H2,1H3,(H,21,23);1H. The first-order chi connectivity index (χ1) is 11.7. The summed E-state index contributed by atoms with van der Waals surface area (Å²) in [6, 6.07) is 12.8. The number of aryl methyl sites for hydroxylation is 1. The molecule has 1 aliphatic heterocycles. The van der Waals surface area contributed by atoms with E-state index in [0.717, 1.165) is 18.0 Å². The normalized spacial score (nSPS) is 16.5. The van der Waals surface area contributed by atoms with Gasteiger partial charge in [0.1, 0.15) is 0 Å². The SMILES string of the molecule is Cc1ccc(C(CNC(=O)c2cccs2)N2CCCCCC2)cc1.Cl. The third-order valence-corrected chi connectivity index (χ3v) is 5.61. The van der Waals surface area contributed by atoms with E-state index in [-0.39, 0.29) is 24.4 Å². The second kappa shape index (κ2) is 9.95. The highest BCUT2D eigenvalue weighted by Gasteiger charge is 2.22. The number of benzene rings is 1. The molecule has 0 radical (unpaired) electrons. The Morgan fingerprint density at radius 1 is 1.12 bits per heavy atom. The molecule has 2 heterocycles. The molecule has 1 atom stereocenters. The molecule has 1 amide bonds. The molecule has 0 bridgehead atoms. The van der Waals surface area contributed by atoms with Gasteiger partial charge in [0.25, 0.3) is 5.91 Å². The molecule has 0 aliphatic carbocycles. The molecule has 5 heteroatoms. The van der Waals surface area contributed by atoms with Crippen molar-refractivity contribution < 1.29 is 4.79 Å². The zero-order chi connectivity index (χ0) is 16.8. The highest BCUT2D eigenvalue weighted by Crippen LogP contribution is 2.24. The Morgan fingerprint density at radius 2 is 1.80 bits per heavy atom. The van der Waals surface area contributed by atoms with Crippen molar-refractivity contribution in [1.29, 1.82) is 0 Å². The van der Waals surface area contributed by atoms with E-state index in [4.69, 9.17) is 0 Å².